The summed E-state index contributed by atoms with van der Waals surface area (Å²) in [6.45, 7) is 0. The van der Waals surface area contributed by atoms with Crippen LogP contribution in [0.5, 0.6) is 0 Å². The third kappa shape index (κ3) is 2.30. The monoisotopic (exact) mass is 335 g/mol. The van der Waals surface area contributed by atoms with E-state index in [-0.39, 0.29) is 21.3 Å². The molecule has 1 aliphatic rings. The van der Waals surface area contributed by atoms with Gasteiger partial charge in [0, 0.05) is 0 Å². The van der Waals surface area contributed by atoms with Gasteiger partial charge in [0.1, 0.15) is 10.8 Å². The van der Waals surface area contributed by atoms with Crippen molar-refractivity contribution in [2.45, 2.75) is 0 Å². The summed E-state index contributed by atoms with van der Waals surface area (Å²) in [6, 6.07) is 12.2. The number of hydrogen-bond donors (Lipinski definition) is 0. The second-order valence-corrected chi connectivity index (χ2v) is 5.38. The van der Waals surface area contributed by atoms with Crippen LogP contribution in [0.1, 0.15) is 5.56 Å². The predicted octanol–water partition coefficient (Wildman–Crippen LogP) is 4.00. The molecule has 1 heterocycles. The maximum atomic E-state index is 13.2. The third-order valence-corrected chi connectivity index (χ3v) is 3.89. The minimum Gasteiger partial charge on any atom is -0.268 e. The van der Waals surface area contributed by atoms with E-state index in [4.69, 9.17) is 23.2 Å². The summed E-state index contributed by atoms with van der Waals surface area (Å²) in [5.74, 6) is -1.86. The van der Waals surface area contributed by atoms with Gasteiger partial charge in [0.2, 0.25) is 0 Å². The first-order chi connectivity index (χ1) is 10.5. The molecule has 2 amide bonds. The Morgan fingerprint density at radius 3 is 2.23 bits per heavy atom. The van der Waals surface area contributed by atoms with Gasteiger partial charge in [-0.3, -0.25) is 9.59 Å². The Bertz CT molecular complexity index is 818. The van der Waals surface area contributed by atoms with Gasteiger partial charge in [0.25, 0.3) is 11.8 Å². The predicted molar refractivity (Wildman–Crippen MR) is 83.1 cm³/mol. The van der Waals surface area contributed by atoms with Crippen molar-refractivity contribution in [3.05, 3.63) is 70.0 Å². The van der Waals surface area contributed by atoms with Gasteiger partial charge in [-0.25, -0.2) is 9.29 Å². The topological polar surface area (TPSA) is 37.4 Å². The molecule has 0 bridgehead atoms. The summed E-state index contributed by atoms with van der Waals surface area (Å²) < 4.78 is 13.2. The first-order valence-electron chi connectivity index (χ1n) is 6.29. The number of carbonyl (C=O) groups excluding carboxylic acids is 2. The zero-order valence-electron chi connectivity index (χ0n) is 11.0. The Hall–Kier alpha value is -2.17. The molecular formula is C16H8Cl2FNO2. The molecule has 22 heavy (non-hydrogen) atoms. The molecule has 2 aromatic carbocycles. The summed E-state index contributed by atoms with van der Waals surface area (Å²) in [6.07, 6.45) is 0. The van der Waals surface area contributed by atoms with E-state index >= 15 is 0 Å². The third-order valence-electron chi connectivity index (χ3n) is 3.25. The number of benzene rings is 2. The first-order valence-corrected chi connectivity index (χ1v) is 7.05. The molecule has 0 radical (unpaired) electrons. The molecule has 0 unspecified atom stereocenters. The number of halogens is 3. The average molecular weight is 336 g/mol. The van der Waals surface area contributed by atoms with Crippen molar-refractivity contribution >= 4 is 46.3 Å². The summed E-state index contributed by atoms with van der Waals surface area (Å²) in [5, 5.41) is -0.348. The lowest BCUT2D eigenvalue weighted by molar-refractivity contribution is -0.119. The zero-order chi connectivity index (χ0) is 15.9. The maximum Gasteiger partial charge on any atom is 0.277 e. The van der Waals surface area contributed by atoms with Crippen LogP contribution in [0.2, 0.25) is 5.02 Å². The molecule has 3 rings (SSSR count). The summed E-state index contributed by atoms with van der Waals surface area (Å²) >= 11 is 11.7. The summed E-state index contributed by atoms with van der Waals surface area (Å²) in [4.78, 5) is 25.7. The highest BCUT2D eigenvalue weighted by Crippen LogP contribution is 2.35. The van der Waals surface area contributed by atoms with Crippen molar-refractivity contribution in [2.24, 2.45) is 0 Å². The largest absolute Gasteiger partial charge is 0.277 e. The normalized spacial score (nSPS) is 15.0. The fraction of sp³-hybridized carbons (Fsp3) is 0. The molecule has 110 valence electrons. The van der Waals surface area contributed by atoms with E-state index in [9.17, 15) is 14.0 Å². The number of nitrogens with zero attached hydrogens (tertiary/aromatic N) is 1. The molecule has 0 N–H and O–H groups in total. The highest BCUT2D eigenvalue weighted by atomic mass is 35.5. The van der Waals surface area contributed by atoms with E-state index in [2.05, 4.69) is 0 Å². The maximum absolute atomic E-state index is 13.2. The molecule has 1 aliphatic heterocycles. The second kappa shape index (κ2) is 5.55. The standard InChI is InChI=1S/C16H8Cl2FNO2/c17-11-8-10(6-7-12(11)19)20-15(21)13(14(18)16(20)22)9-4-2-1-3-5-9/h1-8H. The quantitative estimate of drug-likeness (QED) is 0.778. The number of rotatable bonds is 2. The Balaban J connectivity index is 2.06. The van der Waals surface area contributed by atoms with Gasteiger partial charge in [0.15, 0.2) is 0 Å². The van der Waals surface area contributed by atoms with Crippen LogP contribution >= 0.6 is 23.2 Å². The summed E-state index contributed by atoms with van der Waals surface area (Å²) in [7, 11) is 0. The summed E-state index contributed by atoms with van der Waals surface area (Å²) in [5.41, 5.74) is 0.833. The van der Waals surface area contributed by atoms with Crippen molar-refractivity contribution in [3.8, 4) is 0 Å². The molecule has 0 fully saturated rings. The molecule has 0 saturated carbocycles. The highest BCUT2D eigenvalue weighted by Gasteiger charge is 2.39. The molecular weight excluding hydrogens is 328 g/mol. The molecule has 2 aromatic rings. The lowest BCUT2D eigenvalue weighted by Crippen LogP contribution is -2.31. The minimum atomic E-state index is -0.659. The van der Waals surface area contributed by atoms with Crippen LogP contribution in [-0.4, -0.2) is 11.8 Å². The van der Waals surface area contributed by atoms with Crippen molar-refractivity contribution < 1.29 is 14.0 Å². The smallest absolute Gasteiger partial charge is 0.268 e. The Morgan fingerprint density at radius 2 is 1.59 bits per heavy atom. The van der Waals surface area contributed by atoms with E-state index in [1.165, 1.54) is 12.1 Å². The van der Waals surface area contributed by atoms with Crippen LogP contribution in [-0.2, 0) is 9.59 Å². The number of amides is 2. The van der Waals surface area contributed by atoms with Crippen LogP contribution < -0.4 is 4.90 Å². The molecule has 0 spiro atoms. The van der Waals surface area contributed by atoms with Gasteiger partial charge in [0.05, 0.1) is 16.3 Å². The van der Waals surface area contributed by atoms with Crippen LogP contribution in [0.3, 0.4) is 0 Å². The van der Waals surface area contributed by atoms with Gasteiger partial charge in [-0.2, -0.15) is 0 Å². The lowest BCUT2D eigenvalue weighted by Gasteiger charge is -2.15. The number of carbonyl (C=O) groups is 2. The van der Waals surface area contributed by atoms with Gasteiger partial charge in [-0.05, 0) is 23.8 Å². The van der Waals surface area contributed by atoms with Crippen molar-refractivity contribution in [2.75, 3.05) is 4.90 Å². The van der Waals surface area contributed by atoms with E-state index in [0.717, 1.165) is 11.0 Å². The Morgan fingerprint density at radius 1 is 0.909 bits per heavy atom. The van der Waals surface area contributed by atoms with Gasteiger partial charge in [-0.15, -0.1) is 0 Å². The van der Waals surface area contributed by atoms with E-state index in [1.54, 1.807) is 30.3 Å². The van der Waals surface area contributed by atoms with Crippen LogP contribution in [0.4, 0.5) is 10.1 Å². The van der Waals surface area contributed by atoms with Crippen molar-refractivity contribution in [3.63, 3.8) is 0 Å². The van der Waals surface area contributed by atoms with E-state index in [0.29, 0.717) is 5.56 Å². The second-order valence-electron chi connectivity index (χ2n) is 4.60. The fourth-order valence-corrected chi connectivity index (χ4v) is 2.67. The molecule has 0 atom stereocenters. The lowest BCUT2D eigenvalue weighted by atomic mass is 10.1. The van der Waals surface area contributed by atoms with Gasteiger partial charge in [-0.1, -0.05) is 53.5 Å². The van der Waals surface area contributed by atoms with Gasteiger partial charge < -0.3 is 0 Å². The molecule has 0 aromatic heterocycles. The number of anilines is 1. The van der Waals surface area contributed by atoms with Crippen LogP contribution in [0.25, 0.3) is 5.57 Å². The molecule has 0 aliphatic carbocycles. The Labute approximate surface area is 135 Å². The SMILES string of the molecule is O=C1C(Cl)=C(c2ccccc2)C(=O)N1c1ccc(F)c(Cl)c1. The Kier molecular flexibility index (Phi) is 3.72. The van der Waals surface area contributed by atoms with Gasteiger partial charge >= 0.3 is 0 Å². The highest BCUT2D eigenvalue weighted by molar-refractivity contribution is 6.60. The molecule has 6 heteroatoms. The number of hydrogen-bond acceptors (Lipinski definition) is 2. The molecule has 0 saturated heterocycles. The van der Waals surface area contributed by atoms with E-state index in [1.807, 2.05) is 0 Å². The van der Waals surface area contributed by atoms with Crippen LogP contribution in [0.15, 0.2) is 53.6 Å². The molecule has 3 nitrogen and oxygen atoms in total. The van der Waals surface area contributed by atoms with E-state index < -0.39 is 17.6 Å². The fourth-order valence-electron chi connectivity index (χ4n) is 2.22. The van der Waals surface area contributed by atoms with Crippen molar-refractivity contribution in [1.82, 2.24) is 0 Å². The zero-order valence-corrected chi connectivity index (χ0v) is 12.5. The van der Waals surface area contributed by atoms with Crippen molar-refractivity contribution in [1.29, 1.82) is 0 Å². The van der Waals surface area contributed by atoms with Crippen LogP contribution in [0, 0.1) is 5.82 Å². The average Bonchev–Trinajstić information content (AvgIpc) is 2.73. The number of imide groups is 1. The first kappa shape index (κ1) is 14.8. The minimum absolute atomic E-state index is 0.118.